The molecule has 0 bridgehead atoms. The van der Waals surface area contributed by atoms with E-state index in [2.05, 4.69) is 17.6 Å². The van der Waals surface area contributed by atoms with Gasteiger partial charge < -0.3 is 15.7 Å². The van der Waals surface area contributed by atoms with Crippen LogP contribution in [0.15, 0.2) is 0 Å². The Hall–Kier alpha value is -0.910. The van der Waals surface area contributed by atoms with E-state index < -0.39 is 5.97 Å². The molecule has 2 amide bonds. The second-order valence-electron chi connectivity index (χ2n) is 6.72. The fourth-order valence-corrected chi connectivity index (χ4v) is 3.73. The molecule has 6 heteroatoms. The van der Waals surface area contributed by atoms with Crippen molar-refractivity contribution in [3.8, 4) is 0 Å². The lowest BCUT2D eigenvalue weighted by Gasteiger charge is -2.30. The van der Waals surface area contributed by atoms with Crippen LogP contribution < -0.4 is 10.6 Å². The first-order chi connectivity index (χ1) is 9.72. The lowest BCUT2D eigenvalue weighted by molar-refractivity contribution is -0.138. The van der Waals surface area contributed by atoms with Crippen molar-refractivity contribution in [1.82, 2.24) is 10.6 Å². The molecular weight excluding hydrogens is 288 g/mol. The van der Waals surface area contributed by atoms with Crippen LogP contribution in [0.25, 0.3) is 0 Å². The van der Waals surface area contributed by atoms with E-state index in [1.807, 2.05) is 32.5 Å². The third kappa shape index (κ3) is 6.59. The molecule has 1 aliphatic carbocycles. The molecule has 1 fully saturated rings. The van der Waals surface area contributed by atoms with E-state index in [4.69, 9.17) is 5.11 Å². The summed E-state index contributed by atoms with van der Waals surface area (Å²) in [5.41, 5.74) is -0.286. The molecule has 3 atom stereocenters. The molecule has 0 aromatic rings. The van der Waals surface area contributed by atoms with Crippen molar-refractivity contribution in [2.45, 2.75) is 70.7 Å². The number of nitrogens with one attached hydrogen (secondary N) is 2. The first-order valence-electron chi connectivity index (χ1n) is 7.62. The molecule has 21 heavy (non-hydrogen) atoms. The smallest absolute Gasteiger partial charge is 0.315 e. The molecule has 3 N–H and O–H groups in total. The number of thioether (sulfide) groups is 1. The van der Waals surface area contributed by atoms with Crippen LogP contribution in [0.4, 0.5) is 4.79 Å². The van der Waals surface area contributed by atoms with Gasteiger partial charge in [0.05, 0.1) is 6.42 Å². The van der Waals surface area contributed by atoms with Crippen LogP contribution in [0, 0.1) is 5.41 Å². The quantitative estimate of drug-likeness (QED) is 0.704. The molecular formula is C15H28N2O3S. The highest BCUT2D eigenvalue weighted by atomic mass is 32.2. The van der Waals surface area contributed by atoms with E-state index in [0.717, 1.165) is 25.0 Å². The molecule has 0 spiro atoms. The summed E-state index contributed by atoms with van der Waals surface area (Å²) in [6.07, 6.45) is 3.09. The molecule has 122 valence electrons. The predicted octanol–water partition coefficient (Wildman–Crippen LogP) is 2.85. The number of carboxylic acid groups (broad SMARTS) is 1. The molecule has 0 aromatic carbocycles. The summed E-state index contributed by atoms with van der Waals surface area (Å²) in [6.45, 7) is 7.96. The fourth-order valence-electron chi connectivity index (χ4n) is 2.59. The summed E-state index contributed by atoms with van der Waals surface area (Å²) >= 11 is 1.95. The Morgan fingerprint density at radius 2 is 2.00 bits per heavy atom. The summed E-state index contributed by atoms with van der Waals surface area (Å²) in [4.78, 5) is 23.0. The zero-order chi connectivity index (χ0) is 16.0. The second-order valence-corrected chi connectivity index (χ2v) is 8.30. The minimum atomic E-state index is -0.893. The van der Waals surface area contributed by atoms with Crippen molar-refractivity contribution in [2.24, 2.45) is 5.41 Å². The number of aliphatic carboxylic acids is 1. The largest absolute Gasteiger partial charge is 0.481 e. The van der Waals surface area contributed by atoms with Crippen molar-refractivity contribution >= 4 is 23.8 Å². The Kier molecular flexibility index (Phi) is 6.84. The van der Waals surface area contributed by atoms with E-state index in [1.54, 1.807) is 0 Å². The summed E-state index contributed by atoms with van der Waals surface area (Å²) in [7, 11) is 0. The zero-order valence-corrected chi connectivity index (χ0v) is 14.3. The van der Waals surface area contributed by atoms with Crippen molar-refractivity contribution < 1.29 is 14.7 Å². The van der Waals surface area contributed by atoms with Gasteiger partial charge in [0.2, 0.25) is 0 Å². The van der Waals surface area contributed by atoms with Gasteiger partial charge in [-0.1, -0.05) is 27.7 Å². The van der Waals surface area contributed by atoms with Crippen LogP contribution in [0.3, 0.4) is 0 Å². The molecule has 0 heterocycles. The molecule has 1 aliphatic rings. The van der Waals surface area contributed by atoms with Crippen LogP contribution in [-0.2, 0) is 4.79 Å². The average molecular weight is 316 g/mol. The Morgan fingerprint density at radius 1 is 1.33 bits per heavy atom. The number of carboxylic acids is 1. The maximum atomic E-state index is 12.1. The third-order valence-electron chi connectivity index (χ3n) is 3.85. The number of carbonyl (C=O) groups excluding carboxylic acids is 1. The molecule has 0 aromatic heterocycles. The third-order valence-corrected chi connectivity index (χ3v) is 5.08. The van der Waals surface area contributed by atoms with Gasteiger partial charge in [0.15, 0.2) is 0 Å². The minimum absolute atomic E-state index is 0.0596. The molecule has 3 unspecified atom stereocenters. The van der Waals surface area contributed by atoms with Crippen LogP contribution in [0.1, 0.15) is 53.4 Å². The highest BCUT2D eigenvalue weighted by molar-refractivity contribution is 7.99. The van der Waals surface area contributed by atoms with Crippen molar-refractivity contribution in [3.63, 3.8) is 0 Å². The Balaban J connectivity index is 2.46. The first-order valence-corrected chi connectivity index (χ1v) is 8.67. The first kappa shape index (κ1) is 18.1. The molecule has 1 rings (SSSR count). The van der Waals surface area contributed by atoms with Crippen LogP contribution in [0.5, 0.6) is 0 Å². The van der Waals surface area contributed by atoms with E-state index in [-0.39, 0.29) is 30.0 Å². The number of rotatable bonds is 6. The van der Waals surface area contributed by atoms with Gasteiger partial charge in [0.25, 0.3) is 0 Å². The lowest BCUT2D eigenvalue weighted by atomic mass is 9.85. The Bertz CT molecular complexity index is 368. The number of hydrogen-bond acceptors (Lipinski definition) is 3. The van der Waals surface area contributed by atoms with Gasteiger partial charge in [-0.15, -0.1) is 0 Å². The highest BCUT2D eigenvalue weighted by Crippen LogP contribution is 2.29. The molecule has 0 radical (unpaired) electrons. The summed E-state index contributed by atoms with van der Waals surface area (Å²) in [5.74, 6) is 0.212. The standard InChI is InChI=1S/C15H28N2O3S/c1-5-21-11-7-6-10(8-11)16-14(20)17-12(9-13(18)19)15(2,3)4/h10-12H,5-9H2,1-4H3,(H,18,19)(H2,16,17,20). The fraction of sp³-hybridized carbons (Fsp3) is 0.867. The molecule has 1 saturated carbocycles. The van der Waals surface area contributed by atoms with Crippen molar-refractivity contribution in [2.75, 3.05) is 5.75 Å². The zero-order valence-electron chi connectivity index (χ0n) is 13.4. The Labute approximate surface area is 131 Å². The number of urea groups is 1. The average Bonchev–Trinajstić information content (AvgIpc) is 2.74. The van der Waals surface area contributed by atoms with Gasteiger partial charge in [-0.25, -0.2) is 4.79 Å². The van der Waals surface area contributed by atoms with Gasteiger partial charge >= 0.3 is 12.0 Å². The highest BCUT2D eigenvalue weighted by Gasteiger charge is 2.30. The maximum absolute atomic E-state index is 12.1. The normalized spacial score (nSPS) is 23.6. The molecule has 0 saturated heterocycles. The number of hydrogen-bond donors (Lipinski definition) is 3. The van der Waals surface area contributed by atoms with E-state index in [0.29, 0.717) is 5.25 Å². The monoisotopic (exact) mass is 316 g/mol. The number of carbonyl (C=O) groups is 2. The van der Waals surface area contributed by atoms with E-state index in [1.165, 1.54) is 0 Å². The number of amides is 2. The van der Waals surface area contributed by atoms with Crippen LogP contribution in [-0.4, -0.2) is 40.2 Å². The lowest BCUT2D eigenvalue weighted by Crippen LogP contribution is -2.50. The van der Waals surface area contributed by atoms with Gasteiger partial charge in [-0.05, 0) is 30.4 Å². The van der Waals surface area contributed by atoms with E-state index in [9.17, 15) is 9.59 Å². The minimum Gasteiger partial charge on any atom is -0.481 e. The SMILES string of the molecule is CCSC1CCC(NC(=O)NC(CC(=O)O)C(C)(C)C)C1. The summed E-state index contributed by atoms with van der Waals surface area (Å²) in [5, 5.41) is 15.4. The summed E-state index contributed by atoms with van der Waals surface area (Å²) in [6, 6.07) is -0.417. The van der Waals surface area contributed by atoms with Gasteiger partial charge in [0, 0.05) is 17.3 Å². The van der Waals surface area contributed by atoms with Crippen molar-refractivity contribution in [1.29, 1.82) is 0 Å². The maximum Gasteiger partial charge on any atom is 0.315 e. The van der Waals surface area contributed by atoms with Crippen LogP contribution >= 0.6 is 11.8 Å². The van der Waals surface area contributed by atoms with Crippen molar-refractivity contribution in [3.05, 3.63) is 0 Å². The van der Waals surface area contributed by atoms with Crippen LogP contribution in [0.2, 0.25) is 0 Å². The molecule has 0 aliphatic heterocycles. The van der Waals surface area contributed by atoms with Gasteiger partial charge in [-0.2, -0.15) is 11.8 Å². The summed E-state index contributed by atoms with van der Waals surface area (Å²) < 4.78 is 0. The van der Waals surface area contributed by atoms with Gasteiger partial charge in [0.1, 0.15) is 0 Å². The topological polar surface area (TPSA) is 78.4 Å². The van der Waals surface area contributed by atoms with E-state index >= 15 is 0 Å². The molecule has 5 nitrogen and oxygen atoms in total. The van der Waals surface area contributed by atoms with Gasteiger partial charge in [-0.3, -0.25) is 4.79 Å². The Morgan fingerprint density at radius 3 is 2.52 bits per heavy atom. The second kappa shape index (κ2) is 7.92. The predicted molar refractivity (Wildman–Crippen MR) is 86.7 cm³/mol.